The number of carbonyl (C=O) groups excluding carboxylic acids is 1. The van der Waals surface area contributed by atoms with E-state index in [9.17, 15) is 4.79 Å². The molecule has 0 saturated heterocycles. The van der Waals surface area contributed by atoms with Crippen LogP contribution in [0.5, 0.6) is 0 Å². The summed E-state index contributed by atoms with van der Waals surface area (Å²) in [6.45, 7) is 4.04. The third kappa shape index (κ3) is 2.81. The highest BCUT2D eigenvalue weighted by Gasteiger charge is 2.19. The molecule has 90 valence electrons. The Bertz CT molecular complexity index is 533. The van der Waals surface area contributed by atoms with Gasteiger partial charge in [0.05, 0.1) is 5.69 Å². The molecule has 0 saturated carbocycles. The van der Waals surface area contributed by atoms with Gasteiger partial charge < -0.3 is 0 Å². The number of Topliss-reactive ketones (excluding diaryl/α,β-unsaturated/α-hetero) is 1. The first kappa shape index (κ1) is 12.9. The molecule has 0 fully saturated rings. The van der Waals surface area contributed by atoms with Crippen molar-refractivity contribution in [3.63, 3.8) is 0 Å². The van der Waals surface area contributed by atoms with Crippen LogP contribution in [0.3, 0.4) is 0 Å². The van der Waals surface area contributed by atoms with Gasteiger partial charge in [0.1, 0.15) is 4.88 Å². The Morgan fingerprint density at radius 3 is 2.88 bits per heavy atom. The maximum atomic E-state index is 12.2. The second-order valence-electron chi connectivity index (χ2n) is 3.93. The maximum Gasteiger partial charge on any atom is 0.181 e. The van der Waals surface area contributed by atoms with Crippen LogP contribution >= 0.6 is 38.8 Å². The predicted molar refractivity (Wildman–Crippen MR) is 74.1 cm³/mol. The first-order chi connectivity index (χ1) is 8.09. The van der Waals surface area contributed by atoms with E-state index in [1.165, 1.54) is 11.5 Å². The van der Waals surface area contributed by atoms with Crippen molar-refractivity contribution in [1.29, 1.82) is 0 Å². The molecule has 0 N–H and O–H groups in total. The van der Waals surface area contributed by atoms with Gasteiger partial charge in [-0.2, -0.15) is 0 Å². The van der Waals surface area contributed by atoms with Crippen molar-refractivity contribution in [2.24, 2.45) is 0 Å². The summed E-state index contributed by atoms with van der Waals surface area (Å²) in [5.41, 5.74) is 0.813. The lowest BCUT2D eigenvalue weighted by molar-refractivity contribution is 0.0996. The van der Waals surface area contributed by atoms with Crippen LogP contribution in [0, 0.1) is 0 Å². The fraction of sp³-hybridized carbons (Fsp3) is 0.364. The summed E-state index contributed by atoms with van der Waals surface area (Å²) in [5, 5.41) is 6.00. The standard InChI is InChI=1S/C11H11BrN2OS2/c1-6(2)10-11(17-14-13-10)8(15)5-9-7(12)3-4-16-9/h3-4,6H,5H2,1-2H3. The highest BCUT2D eigenvalue weighted by atomic mass is 79.9. The Hall–Kier alpha value is -0.590. The second kappa shape index (κ2) is 5.37. The van der Waals surface area contributed by atoms with Crippen LogP contribution in [0.25, 0.3) is 0 Å². The predicted octanol–water partition coefficient (Wildman–Crippen LogP) is 3.91. The van der Waals surface area contributed by atoms with E-state index >= 15 is 0 Å². The van der Waals surface area contributed by atoms with Gasteiger partial charge in [-0.15, -0.1) is 16.4 Å². The summed E-state index contributed by atoms with van der Waals surface area (Å²) in [6.07, 6.45) is 0.418. The monoisotopic (exact) mass is 330 g/mol. The summed E-state index contributed by atoms with van der Waals surface area (Å²) >= 11 is 6.21. The fourth-order valence-corrected chi connectivity index (χ4v) is 3.69. The van der Waals surface area contributed by atoms with E-state index in [0.717, 1.165) is 15.0 Å². The van der Waals surface area contributed by atoms with Gasteiger partial charge in [0.25, 0.3) is 0 Å². The number of hydrogen-bond acceptors (Lipinski definition) is 5. The minimum Gasteiger partial charge on any atom is -0.293 e. The minimum atomic E-state index is 0.104. The van der Waals surface area contributed by atoms with Crippen LogP contribution in [0.4, 0.5) is 0 Å². The highest BCUT2D eigenvalue weighted by Crippen LogP contribution is 2.26. The quantitative estimate of drug-likeness (QED) is 0.798. The molecule has 2 aromatic heterocycles. The number of ketones is 1. The fourth-order valence-electron chi connectivity index (χ4n) is 1.45. The van der Waals surface area contributed by atoms with E-state index in [1.807, 2.05) is 25.3 Å². The molecular formula is C11H11BrN2OS2. The van der Waals surface area contributed by atoms with Crippen molar-refractivity contribution in [3.8, 4) is 0 Å². The summed E-state index contributed by atoms with van der Waals surface area (Å²) in [6, 6.07) is 1.96. The number of rotatable bonds is 4. The molecule has 0 aliphatic rings. The second-order valence-corrected chi connectivity index (χ2v) is 6.54. The van der Waals surface area contributed by atoms with E-state index in [1.54, 1.807) is 11.3 Å². The van der Waals surface area contributed by atoms with Crippen LogP contribution in [-0.4, -0.2) is 15.4 Å². The highest BCUT2D eigenvalue weighted by molar-refractivity contribution is 9.10. The van der Waals surface area contributed by atoms with Crippen LogP contribution < -0.4 is 0 Å². The van der Waals surface area contributed by atoms with E-state index < -0.39 is 0 Å². The van der Waals surface area contributed by atoms with E-state index in [0.29, 0.717) is 11.3 Å². The van der Waals surface area contributed by atoms with Gasteiger partial charge in [0.15, 0.2) is 5.78 Å². The van der Waals surface area contributed by atoms with Crippen LogP contribution in [-0.2, 0) is 6.42 Å². The average molecular weight is 331 g/mol. The molecule has 6 heteroatoms. The molecule has 0 radical (unpaired) electrons. The number of thiophene rings is 1. The van der Waals surface area contributed by atoms with Crippen molar-refractivity contribution in [3.05, 3.63) is 31.4 Å². The molecule has 0 aromatic carbocycles. The third-order valence-corrected chi connectivity index (χ3v) is 5.03. The third-order valence-electron chi connectivity index (χ3n) is 2.33. The Balaban J connectivity index is 2.21. The first-order valence-corrected chi connectivity index (χ1v) is 7.61. The lowest BCUT2D eigenvalue weighted by Crippen LogP contribution is -2.05. The maximum absolute atomic E-state index is 12.2. The topological polar surface area (TPSA) is 42.9 Å². The number of halogens is 1. The molecule has 0 spiro atoms. The zero-order valence-electron chi connectivity index (χ0n) is 9.44. The number of nitrogens with zero attached hydrogens (tertiary/aromatic N) is 2. The summed E-state index contributed by atoms with van der Waals surface area (Å²) in [7, 11) is 0. The Morgan fingerprint density at radius 1 is 1.53 bits per heavy atom. The SMILES string of the molecule is CC(C)c1nnsc1C(=O)Cc1sccc1Br. The van der Waals surface area contributed by atoms with E-state index in [2.05, 4.69) is 25.5 Å². The summed E-state index contributed by atoms with van der Waals surface area (Å²) in [4.78, 5) is 13.9. The van der Waals surface area contributed by atoms with Crippen LogP contribution in [0.2, 0.25) is 0 Å². The molecule has 0 aliphatic carbocycles. The smallest absolute Gasteiger partial charge is 0.181 e. The van der Waals surface area contributed by atoms with Crippen LogP contribution in [0.15, 0.2) is 15.9 Å². The van der Waals surface area contributed by atoms with E-state index in [4.69, 9.17) is 0 Å². The first-order valence-electron chi connectivity index (χ1n) is 5.17. The molecular weight excluding hydrogens is 320 g/mol. The normalized spacial score (nSPS) is 11.1. The summed E-state index contributed by atoms with van der Waals surface area (Å²) < 4.78 is 4.88. The van der Waals surface area contributed by atoms with Crippen molar-refractivity contribution in [2.75, 3.05) is 0 Å². The molecule has 2 heterocycles. The van der Waals surface area contributed by atoms with Crippen molar-refractivity contribution < 1.29 is 4.79 Å². The molecule has 0 amide bonds. The van der Waals surface area contributed by atoms with Crippen LogP contribution in [0.1, 0.15) is 40.0 Å². The zero-order valence-corrected chi connectivity index (χ0v) is 12.7. The number of carbonyl (C=O) groups is 1. The van der Waals surface area contributed by atoms with Gasteiger partial charge >= 0.3 is 0 Å². The zero-order chi connectivity index (χ0) is 12.4. The van der Waals surface area contributed by atoms with E-state index in [-0.39, 0.29) is 11.7 Å². The minimum absolute atomic E-state index is 0.104. The van der Waals surface area contributed by atoms with Crippen molar-refractivity contribution in [1.82, 2.24) is 9.59 Å². The molecule has 0 bridgehead atoms. The van der Waals surface area contributed by atoms with Gasteiger partial charge in [0.2, 0.25) is 0 Å². The summed E-state index contributed by atoms with van der Waals surface area (Å²) in [5.74, 6) is 0.339. The molecule has 0 aliphatic heterocycles. The molecule has 2 aromatic rings. The van der Waals surface area contributed by atoms with Gasteiger partial charge in [-0.1, -0.05) is 18.3 Å². The molecule has 3 nitrogen and oxygen atoms in total. The van der Waals surface area contributed by atoms with Gasteiger partial charge in [-0.05, 0) is 44.8 Å². The lowest BCUT2D eigenvalue weighted by Gasteiger charge is -2.02. The average Bonchev–Trinajstić information content (AvgIpc) is 2.87. The van der Waals surface area contributed by atoms with Crippen molar-refractivity contribution >= 4 is 44.6 Å². The van der Waals surface area contributed by atoms with Gasteiger partial charge in [0, 0.05) is 15.8 Å². The molecule has 2 rings (SSSR count). The van der Waals surface area contributed by atoms with Gasteiger partial charge in [-0.3, -0.25) is 4.79 Å². The number of aromatic nitrogens is 2. The number of hydrogen-bond donors (Lipinski definition) is 0. The molecule has 17 heavy (non-hydrogen) atoms. The van der Waals surface area contributed by atoms with Gasteiger partial charge in [-0.25, -0.2) is 0 Å². The lowest BCUT2D eigenvalue weighted by atomic mass is 10.1. The Kier molecular flexibility index (Phi) is 4.06. The largest absolute Gasteiger partial charge is 0.293 e. The molecule has 0 unspecified atom stereocenters. The Morgan fingerprint density at radius 2 is 2.29 bits per heavy atom. The Labute approximate surface area is 116 Å². The molecule has 0 atom stereocenters. The van der Waals surface area contributed by atoms with Crippen molar-refractivity contribution in [2.45, 2.75) is 26.2 Å².